The number of anilines is 2. The van der Waals surface area contributed by atoms with Crippen LogP contribution in [0.5, 0.6) is 17.2 Å². The molecule has 0 aliphatic heterocycles. The lowest BCUT2D eigenvalue weighted by atomic mass is 10.2. The van der Waals surface area contributed by atoms with Gasteiger partial charge in [0.25, 0.3) is 10.0 Å². The summed E-state index contributed by atoms with van der Waals surface area (Å²) in [5, 5.41) is 2.74. The number of nitrogens with zero attached hydrogens (tertiary/aromatic N) is 1. The SMILES string of the molecule is CCOc1ccccc1N(CC(=O)Nc1ccc(OC)cc1OC)S(=O)(=O)c1ccc(SC)cc1. The Balaban J connectivity index is 2.00. The molecule has 1 amide bonds. The predicted octanol–water partition coefficient (Wildman–Crippen LogP) is 4.66. The maximum atomic E-state index is 13.7. The number of benzene rings is 3. The lowest BCUT2D eigenvalue weighted by molar-refractivity contribution is -0.114. The van der Waals surface area contributed by atoms with Crippen LogP contribution >= 0.6 is 11.8 Å². The number of carbonyl (C=O) groups excluding carboxylic acids is 1. The highest BCUT2D eigenvalue weighted by Crippen LogP contribution is 2.34. The van der Waals surface area contributed by atoms with E-state index in [0.29, 0.717) is 29.5 Å². The number of hydrogen-bond acceptors (Lipinski definition) is 7. The molecule has 186 valence electrons. The Morgan fingerprint density at radius 3 is 2.31 bits per heavy atom. The van der Waals surface area contributed by atoms with E-state index >= 15 is 0 Å². The average molecular weight is 517 g/mol. The second kappa shape index (κ2) is 11.9. The number of methoxy groups -OCH3 is 2. The first-order valence-electron chi connectivity index (χ1n) is 10.7. The van der Waals surface area contributed by atoms with Crippen LogP contribution in [0.15, 0.2) is 76.5 Å². The van der Waals surface area contributed by atoms with Gasteiger partial charge in [0, 0.05) is 11.0 Å². The van der Waals surface area contributed by atoms with Gasteiger partial charge in [-0.2, -0.15) is 0 Å². The summed E-state index contributed by atoms with van der Waals surface area (Å²) in [5.74, 6) is 0.746. The van der Waals surface area contributed by atoms with Crippen molar-refractivity contribution >= 4 is 39.1 Å². The van der Waals surface area contributed by atoms with Crippen molar-refractivity contribution in [2.75, 3.05) is 43.2 Å². The van der Waals surface area contributed by atoms with E-state index in [-0.39, 0.29) is 10.6 Å². The van der Waals surface area contributed by atoms with E-state index < -0.39 is 22.5 Å². The zero-order valence-electron chi connectivity index (χ0n) is 20.0. The van der Waals surface area contributed by atoms with Crippen molar-refractivity contribution in [3.63, 3.8) is 0 Å². The van der Waals surface area contributed by atoms with Gasteiger partial charge in [0.2, 0.25) is 5.91 Å². The molecular weight excluding hydrogens is 488 g/mol. The number of ether oxygens (including phenoxy) is 3. The van der Waals surface area contributed by atoms with E-state index in [2.05, 4.69) is 5.32 Å². The van der Waals surface area contributed by atoms with Crippen molar-refractivity contribution in [2.45, 2.75) is 16.7 Å². The van der Waals surface area contributed by atoms with Gasteiger partial charge in [-0.3, -0.25) is 9.10 Å². The third-order valence-corrected chi connectivity index (χ3v) is 7.57. The molecule has 35 heavy (non-hydrogen) atoms. The van der Waals surface area contributed by atoms with E-state index in [1.165, 1.54) is 38.1 Å². The van der Waals surface area contributed by atoms with Crippen LogP contribution in [0.25, 0.3) is 0 Å². The number of amides is 1. The van der Waals surface area contributed by atoms with Gasteiger partial charge in [-0.05, 0) is 61.7 Å². The monoisotopic (exact) mass is 516 g/mol. The van der Waals surface area contributed by atoms with Crippen molar-refractivity contribution < 1.29 is 27.4 Å². The summed E-state index contributed by atoms with van der Waals surface area (Å²) in [7, 11) is -1.11. The molecular formula is C25H28N2O6S2. The average Bonchev–Trinajstić information content (AvgIpc) is 2.88. The van der Waals surface area contributed by atoms with Gasteiger partial charge in [0.1, 0.15) is 23.8 Å². The second-order valence-corrected chi connectivity index (χ2v) is 9.94. The fourth-order valence-corrected chi connectivity index (χ4v) is 5.18. The highest BCUT2D eigenvalue weighted by atomic mass is 32.2. The van der Waals surface area contributed by atoms with Crippen LogP contribution in [0.3, 0.4) is 0 Å². The summed E-state index contributed by atoms with van der Waals surface area (Å²) < 4.78 is 44.7. The summed E-state index contributed by atoms with van der Waals surface area (Å²) in [6.45, 7) is 1.66. The van der Waals surface area contributed by atoms with Crippen molar-refractivity contribution in [1.82, 2.24) is 0 Å². The number of nitrogens with one attached hydrogen (secondary N) is 1. The lowest BCUT2D eigenvalue weighted by Gasteiger charge is -2.26. The first kappa shape index (κ1) is 26.2. The Hall–Kier alpha value is -3.37. The highest BCUT2D eigenvalue weighted by Gasteiger charge is 2.29. The summed E-state index contributed by atoms with van der Waals surface area (Å²) in [6.07, 6.45) is 1.91. The molecule has 0 aliphatic carbocycles. The number of sulfonamides is 1. The zero-order valence-corrected chi connectivity index (χ0v) is 21.6. The number of rotatable bonds is 11. The Labute approximate surface area is 210 Å². The molecule has 0 heterocycles. The van der Waals surface area contributed by atoms with Crippen LogP contribution in [-0.2, 0) is 14.8 Å². The zero-order chi connectivity index (χ0) is 25.4. The van der Waals surface area contributed by atoms with Crippen molar-refractivity contribution in [3.05, 3.63) is 66.7 Å². The number of thioether (sulfide) groups is 1. The van der Waals surface area contributed by atoms with E-state index in [1.54, 1.807) is 61.5 Å². The van der Waals surface area contributed by atoms with E-state index in [0.717, 1.165) is 9.20 Å². The van der Waals surface area contributed by atoms with Gasteiger partial charge in [-0.15, -0.1) is 11.8 Å². The van der Waals surface area contributed by atoms with Gasteiger partial charge in [-0.25, -0.2) is 8.42 Å². The number of para-hydroxylation sites is 2. The molecule has 0 bridgehead atoms. The van der Waals surface area contributed by atoms with Crippen LogP contribution in [0.2, 0.25) is 0 Å². The second-order valence-electron chi connectivity index (χ2n) is 7.20. The smallest absolute Gasteiger partial charge is 0.264 e. The van der Waals surface area contributed by atoms with Crippen molar-refractivity contribution in [2.24, 2.45) is 0 Å². The molecule has 0 fully saturated rings. The molecule has 0 unspecified atom stereocenters. The Morgan fingerprint density at radius 1 is 0.971 bits per heavy atom. The predicted molar refractivity (Wildman–Crippen MR) is 139 cm³/mol. The van der Waals surface area contributed by atoms with Gasteiger partial charge in [0.05, 0.1) is 37.1 Å². The van der Waals surface area contributed by atoms with Crippen LogP contribution in [0.1, 0.15) is 6.92 Å². The molecule has 3 aromatic rings. The Bertz CT molecular complexity index is 1260. The minimum Gasteiger partial charge on any atom is -0.497 e. The summed E-state index contributed by atoms with van der Waals surface area (Å²) in [4.78, 5) is 14.1. The van der Waals surface area contributed by atoms with Crippen LogP contribution in [0, 0.1) is 0 Å². The normalized spacial score (nSPS) is 11.0. The van der Waals surface area contributed by atoms with Gasteiger partial charge >= 0.3 is 0 Å². The van der Waals surface area contributed by atoms with Gasteiger partial charge < -0.3 is 19.5 Å². The fourth-order valence-electron chi connectivity index (χ4n) is 3.34. The summed E-state index contributed by atoms with van der Waals surface area (Å²) in [5.41, 5.74) is 0.651. The summed E-state index contributed by atoms with van der Waals surface area (Å²) >= 11 is 1.51. The molecule has 0 saturated carbocycles. The molecule has 0 saturated heterocycles. The van der Waals surface area contributed by atoms with Gasteiger partial charge in [0.15, 0.2) is 0 Å². The molecule has 3 aromatic carbocycles. The molecule has 1 N–H and O–H groups in total. The van der Waals surface area contributed by atoms with Crippen LogP contribution in [0.4, 0.5) is 11.4 Å². The minimum atomic E-state index is -4.10. The molecule has 0 aliphatic rings. The first-order valence-corrected chi connectivity index (χ1v) is 13.4. The molecule has 8 nitrogen and oxygen atoms in total. The molecule has 10 heteroatoms. The lowest BCUT2D eigenvalue weighted by Crippen LogP contribution is -2.38. The van der Waals surface area contributed by atoms with Crippen LogP contribution < -0.4 is 23.8 Å². The third kappa shape index (κ3) is 6.20. The molecule has 0 spiro atoms. The van der Waals surface area contributed by atoms with Crippen molar-refractivity contribution in [3.8, 4) is 17.2 Å². The van der Waals surface area contributed by atoms with Crippen molar-refractivity contribution in [1.29, 1.82) is 0 Å². The van der Waals surface area contributed by atoms with E-state index in [1.807, 2.05) is 6.26 Å². The molecule has 0 radical (unpaired) electrons. The topological polar surface area (TPSA) is 94.2 Å². The highest BCUT2D eigenvalue weighted by molar-refractivity contribution is 7.98. The minimum absolute atomic E-state index is 0.0661. The standard InChI is InChI=1S/C25H28N2O6S2/c1-5-33-23-9-7-6-8-22(23)27(35(29,30)20-13-11-19(34-4)12-14-20)17-25(28)26-21-15-10-18(31-2)16-24(21)32-3/h6-16H,5,17H2,1-4H3,(H,26,28). The maximum absolute atomic E-state index is 13.7. The summed E-state index contributed by atoms with van der Waals surface area (Å²) in [6, 6.07) is 18.2. The van der Waals surface area contributed by atoms with Crippen LogP contribution in [-0.4, -0.2) is 48.0 Å². The number of hydrogen-bond donors (Lipinski definition) is 1. The molecule has 0 aromatic heterocycles. The Kier molecular flexibility index (Phi) is 8.89. The molecule has 0 atom stereocenters. The number of carbonyl (C=O) groups is 1. The fraction of sp³-hybridized carbons (Fsp3) is 0.240. The third-order valence-electron chi connectivity index (χ3n) is 5.05. The maximum Gasteiger partial charge on any atom is 0.264 e. The van der Waals surface area contributed by atoms with E-state index in [4.69, 9.17) is 14.2 Å². The van der Waals surface area contributed by atoms with E-state index in [9.17, 15) is 13.2 Å². The molecule has 3 rings (SSSR count). The quantitative estimate of drug-likeness (QED) is 0.371. The first-order chi connectivity index (χ1) is 16.8. The Morgan fingerprint density at radius 2 is 1.69 bits per heavy atom. The largest absolute Gasteiger partial charge is 0.497 e. The van der Waals surface area contributed by atoms with Gasteiger partial charge in [-0.1, -0.05) is 12.1 Å².